The summed E-state index contributed by atoms with van der Waals surface area (Å²) in [6.45, 7) is 2.34. The van der Waals surface area contributed by atoms with E-state index in [2.05, 4.69) is 20.6 Å². The van der Waals surface area contributed by atoms with Gasteiger partial charge in [0, 0.05) is 6.42 Å². The van der Waals surface area contributed by atoms with Gasteiger partial charge in [0.05, 0.1) is 12.7 Å². The van der Waals surface area contributed by atoms with Crippen LogP contribution in [0, 0.1) is 0 Å². The van der Waals surface area contributed by atoms with Crippen LogP contribution in [0.4, 0.5) is 13.2 Å². The van der Waals surface area contributed by atoms with Crippen LogP contribution in [0.25, 0.3) is 4.96 Å². The summed E-state index contributed by atoms with van der Waals surface area (Å²) in [5.41, 5.74) is 0. The molecule has 10 heteroatoms. The lowest BCUT2D eigenvalue weighted by molar-refractivity contribution is -0.146. The van der Waals surface area contributed by atoms with E-state index in [1.165, 1.54) is 0 Å². The number of rotatable bonds is 4. The Bertz CT molecular complexity index is 605. The van der Waals surface area contributed by atoms with Gasteiger partial charge in [-0.1, -0.05) is 11.3 Å². The largest absolute Gasteiger partial charge is 0.453 e. The van der Waals surface area contributed by atoms with Crippen LogP contribution < -0.4 is 5.32 Å². The molecule has 1 fully saturated rings. The minimum absolute atomic E-state index is 0.152. The molecule has 2 aromatic heterocycles. The summed E-state index contributed by atoms with van der Waals surface area (Å²) in [6, 6.07) is 0. The molecule has 3 rings (SSSR count). The zero-order valence-corrected chi connectivity index (χ0v) is 11.9. The van der Waals surface area contributed by atoms with Crippen LogP contribution in [0.15, 0.2) is 0 Å². The van der Waals surface area contributed by atoms with Crippen LogP contribution in [0.1, 0.15) is 23.7 Å². The molecule has 1 aliphatic heterocycles. The second kappa shape index (κ2) is 5.85. The molecule has 0 spiro atoms. The molecule has 1 aliphatic rings. The normalized spacial score (nSPS) is 17.7. The summed E-state index contributed by atoms with van der Waals surface area (Å²) in [6.07, 6.45) is -1.92. The molecule has 0 aliphatic carbocycles. The van der Waals surface area contributed by atoms with Gasteiger partial charge in [0.2, 0.25) is 4.96 Å². The van der Waals surface area contributed by atoms with Crippen molar-refractivity contribution in [3.63, 3.8) is 0 Å². The Labute approximate surface area is 122 Å². The van der Waals surface area contributed by atoms with E-state index in [0.717, 1.165) is 41.8 Å². The SMILES string of the molecule is FC(F)(F)c1nnc2sc(CCOC3CCNCC3)nn12. The molecule has 0 amide bonds. The number of alkyl halides is 3. The lowest BCUT2D eigenvalue weighted by Crippen LogP contribution is -2.32. The van der Waals surface area contributed by atoms with Gasteiger partial charge in [-0.25, -0.2) is 0 Å². The smallest absolute Gasteiger partial charge is 0.378 e. The molecule has 1 N–H and O–H groups in total. The molecule has 0 bridgehead atoms. The molecule has 0 unspecified atom stereocenters. The van der Waals surface area contributed by atoms with Crippen molar-refractivity contribution in [2.24, 2.45) is 0 Å². The van der Waals surface area contributed by atoms with Gasteiger partial charge in [-0.3, -0.25) is 0 Å². The number of hydrogen-bond acceptors (Lipinski definition) is 6. The average molecular weight is 321 g/mol. The number of piperidine rings is 1. The third kappa shape index (κ3) is 3.33. The Morgan fingerprint density at radius 3 is 2.76 bits per heavy atom. The van der Waals surface area contributed by atoms with Gasteiger partial charge < -0.3 is 10.1 Å². The number of nitrogens with zero attached hydrogens (tertiary/aromatic N) is 4. The van der Waals surface area contributed by atoms with Crippen LogP contribution in [0.2, 0.25) is 0 Å². The topological polar surface area (TPSA) is 64.3 Å². The van der Waals surface area contributed by atoms with Crippen molar-refractivity contribution in [2.75, 3.05) is 19.7 Å². The summed E-state index contributed by atoms with van der Waals surface area (Å²) < 4.78 is 44.5. The highest BCUT2D eigenvalue weighted by Crippen LogP contribution is 2.29. The van der Waals surface area contributed by atoms with E-state index in [0.29, 0.717) is 18.0 Å². The second-order valence-corrected chi connectivity index (χ2v) is 5.82. The van der Waals surface area contributed by atoms with Crippen molar-refractivity contribution in [1.82, 2.24) is 25.1 Å². The van der Waals surface area contributed by atoms with Gasteiger partial charge in [-0.15, -0.1) is 10.2 Å². The minimum Gasteiger partial charge on any atom is -0.378 e. The van der Waals surface area contributed by atoms with Gasteiger partial charge in [-0.2, -0.15) is 22.8 Å². The summed E-state index contributed by atoms with van der Waals surface area (Å²) in [4.78, 5) is 0.152. The highest BCUT2D eigenvalue weighted by Gasteiger charge is 2.38. The van der Waals surface area contributed by atoms with E-state index in [-0.39, 0.29) is 11.1 Å². The molecule has 0 radical (unpaired) electrons. The van der Waals surface area contributed by atoms with Crippen molar-refractivity contribution in [3.05, 3.63) is 10.8 Å². The fourth-order valence-corrected chi connectivity index (χ4v) is 3.02. The van der Waals surface area contributed by atoms with Crippen LogP contribution in [0.5, 0.6) is 0 Å². The quantitative estimate of drug-likeness (QED) is 0.925. The Hall–Kier alpha value is -1.26. The third-order valence-corrected chi connectivity index (χ3v) is 4.20. The first-order valence-corrected chi connectivity index (χ1v) is 7.46. The Kier molecular flexibility index (Phi) is 4.09. The molecule has 3 heterocycles. The molecule has 0 saturated carbocycles. The molecule has 0 aromatic carbocycles. The van der Waals surface area contributed by atoms with Gasteiger partial charge in [0.15, 0.2) is 0 Å². The van der Waals surface area contributed by atoms with Crippen molar-refractivity contribution in [2.45, 2.75) is 31.5 Å². The van der Waals surface area contributed by atoms with E-state index < -0.39 is 12.0 Å². The second-order valence-electron chi connectivity index (χ2n) is 4.78. The summed E-state index contributed by atoms with van der Waals surface area (Å²) in [5.74, 6) is -1.08. The summed E-state index contributed by atoms with van der Waals surface area (Å²) >= 11 is 1.11. The van der Waals surface area contributed by atoms with Crippen LogP contribution in [-0.4, -0.2) is 45.6 Å². The summed E-state index contributed by atoms with van der Waals surface area (Å²) in [7, 11) is 0. The first-order chi connectivity index (χ1) is 10.0. The lowest BCUT2D eigenvalue weighted by Gasteiger charge is -2.22. The van der Waals surface area contributed by atoms with E-state index in [9.17, 15) is 13.2 Å². The number of hydrogen-bond donors (Lipinski definition) is 1. The third-order valence-electron chi connectivity index (χ3n) is 3.24. The monoisotopic (exact) mass is 321 g/mol. The maximum absolute atomic E-state index is 12.7. The zero-order chi connectivity index (χ0) is 14.9. The number of fused-ring (bicyclic) bond motifs is 1. The van der Waals surface area contributed by atoms with Crippen molar-refractivity contribution >= 4 is 16.3 Å². The van der Waals surface area contributed by atoms with Crippen molar-refractivity contribution in [3.8, 4) is 0 Å². The van der Waals surface area contributed by atoms with Crippen LogP contribution >= 0.6 is 11.3 Å². The molecule has 21 heavy (non-hydrogen) atoms. The first-order valence-electron chi connectivity index (χ1n) is 6.64. The van der Waals surface area contributed by atoms with Crippen molar-refractivity contribution < 1.29 is 17.9 Å². The van der Waals surface area contributed by atoms with Gasteiger partial charge in [-0.05, 0) is 25.9 Å². The molecule has 116 valence electrons. The highest BCUT2D eigenvalue weighted by atomic mass is 32.1. The van der Waals surface area contributed by atoms with E-state index in [1.54, 1.807) is 0 Å². The maximum Gasteiger partial charge on any atom is 0.453 e. The van der Waals surface area contributed by atoms with Crippen LogP contribution in [-0.2, 0) is 17.3 Å². The highest BCUT2D eigenvalue weighted by molar-refractivity contribution is 7.16. The lowest BCUT2D eigenvalue weighted by atomic mass is 10.1. The fourth-order valence-electron chi connectivity index (χ4n) is 2.21. The fraction of sp³-hybridized carbons (Fsp3) is 0.727. The molecular weight excluding hydrogens is 307 g/mol. The Morgan fingerprint density at radius 2 is 2.05 bits per heavy atom. The molecule has 6 nitrogen and oxygen atoms in total. The predicted molar refractivity (Wildman–Crippen MR) is 69.2 cm³/mol. The first kappa shape index (κ1) is 14.7. The summed E-state index contributed by atoms with van der Waals surface area (Å²) in [5, 5.41) is 14.4. The maximum atomic E-state index is 12.7. The Balaban J connectivity index is 1.61. The zero-order valence-electron chi connectivity index (χ0n) is 11.1. The van der Waals surface area contributed by atoms with E-state index in [4.69, 9.17) is 4.74 Å². The minimum atomic E-state index is -4.55. The van der Waals surface area contributed by atoms with Gasteiger partial charge in [0.25, 0.3) is 5.82 Å². The number of halogens is 3. The Morgan fingerprint density at radius 1 is 1.29 bits per heavy atom. The number of ether oxygens (including phenoxy) is 1. The molecular formula is C11H14F3N5OS. The van der Waals surface area contributed by atoms with E-state index in [1.807, 2.05) is 0 Å². The van der Waals surface area contributed by atoms with Gasteiger partial charge in [0.1, 0.15) is 5.01 Å². The molecule has 1 saturated heterocycles. The molecule has 0 atom stereocenters. The van der Waals surface area contributed by atoms with Crippen LogP contribution in [0.3, 0.4) is 0 Å². The number of aromatic nitrogens is 4. The van der Waals surface area contributed by atoms with E-state index >= 15 is 0 Å². The van der Waals surface area contributed by atoms with Crippen molar-refractivity contribution in [1.29, 1.82) is 0 Å². The predicted octanol–water partition coefficient (Wildman–Crippen LogP) is 1.52. The molecule has 2 aromatic rings. The van der Waals surface area contributed by atoms with Gasteiger partial charge >= 0.3 is 6.18 Å². The number of nitrogens with one attached hydrogen (secondary N) is 1. The average Bonchev–Trinajstić information content (AvgIpc) is 2.98. The standard InChI is InChI=1S/C11H14F3N5OS/c12-11(13,14)9-16-17-10-19(9)18-8(21-10)3-6-20-7-1-4-15-5-2-7/h7,15H,1-6H2.